The van der Waals surface area contributed by atoms with Crippen molar-refractivity contribution in [3.05, 3.63) is 66.8 Å². The second-order valence-electron chi connectivity index (χ2n) is 7.25. The van der Waals surface area contributed by atoms with E-state index in [1.54, 1.807) is 4.90 Å². The first-order valence-electron chi connectivity index (χ1n) is 10.0. The van der Waals surface area contributed by atoms with Gasteiger partial charge in [0.25, 0.3) is 5.91 Å². The lowest BCUT2D eigenvalue weighted by atomic mass is 10.0. The van der Waals surface area contributed by atoms with Gasteiger partial charge in [-0.25, -0.2) is 4.98 Å². The van der Waals surface area contributed by atoms with Crippen LogP contribution in [0.15, 0.2) is 65.4 Å². The lowest BCUT2D eigenvalue weighted by molar-refractivity contribution is -0.138. The number of carbonyl (C=O) groups is 1. The minimum Gasteiger partial charge on any atom is -0.484 e. The van der Waals surface area contributed by atoms with Gasteiger partial charge < -0.3 is 18.6 Å². The van der Waals surface area contributed by atoms with Gasteiger partial charge in [-0.1, -0.05) is 29.4 Å². The highest BCUT2D eigenvalue weighted by atomic mass is 16.5. The first-order valence-corrected chi connectivity index (χ1v) is 10.0. The molecule has 1 atom stereocenters. The minimum absolute atomic E-state index is 0.0199. The van der Waals surface area contributed by atoms with Gasteiger partial charge in [-0.2, -0.15) is 4.98 Å². The third-order valence-corrected chi connectivity index (χ3v) is 5.25. The van der Waals surface area contributed by atoms with Crippen LogP contribution in [0, 0.1) is 0 Å². The summed E-state index contributed by atoms with van der Waals surface area (Å²) < 4.78 is 13.1. The number of aromatic nitrogens is 4. The van der Waals surface area contributed by atoms with Crippen LogP contribution in [0.2, 0.25) is 0 Å². The van der Waals surface area contributed by atoms with E-state index in [9.17, 15) is 4.79 Å². The molecule has 8 heteroatoms. The van der Waals surface area contributed by atoms with E-state index in [4.69, 9.17) is 9.26 Å². The van der Waals surface area contributed by atoms with Crippen LogP contribution in [0.5, 0.6) is 5.75 Å². The standard InChI is InChI=1S/C22H21N5O3/c28-20(15-29-16-8-2-1-3-9-16)27-13-7-4-10-18(27)22-24-21(25-30-22)17-14-26-12-6-5-11-19(26)23-17/h1-3,5-6,8-9,11-12,14,18H,4,7,10,13,15H2/t18-/m1/s1. The van der Waals surface area contributed by atoms with Crippen molar-refractivity contribution in [2.75, 3.05) is 13.2 Å². The molecule has 0 radical (unpaired) electrons. The number of hydrogen-bond acceptors (Lipinski definition) is 6. The highest BCUT2D eigenvalue weighted by Crippen LogP contribution is 2.31. The molecule has 1 amide bonds. The normalized spacial score (nSPS) is 16.7. The fraction of sp³-hybridized carbons (Fsp3) is 0.273. The Morgan fingerprint density at radius 3 is 2.83 bits per heavy atom. The maximum absolute atomic E-state index is 12.8. The second kappa shape index (κ2) is 7.98. The number of fused-ring (bicyclic) bond motifs is 1. The largest absolute Gasteiger partial charge is 0.484 e. The van der Waals surface area contributed by atoms with Crippen molar-refractivity contribution in [3.63, 3.8) is 0 Å². The van der Waals surface area contributed by atoms with Gasteiger partial charge in [-0.3, -0.25) is 4.79 Å². The molecule has 30 heavy (non-hydrogen) atoms. The average Bonchev–Trinajstić information content (AvgIpc) is 3.45. The molecule has 1 saturated heterocycles. The molecule has 4 aromatic rings. The summed E-state index contributed by atoms with van der Waals surface area (Å²) in [4.78, 5) is 23.7. The fourth-order valence-electron chi connectivity index (χ4n) is 3.75. The summed E-state index contributed by atoms with van der Waals surface area (Å²) in [6.07, 6.45) is 6.51. The van der Waals surface area contributed by atoms with Crippen LogP contribution in [-0.4, -0.2) is 43.5 Å². The summed E-state index contributed by atoms with van der Waals surface area (Å²) in [6, 6.07) is 14.9. The zero-order chi connectivity index (χ0) is 20.3. The number of benzene rings is 1. The van der Waals surface area contributed by atoms with Crippen molar-refractivity contribution < 1.29 is 14.1 Å². The topological polar surface area (TPSA) is 85.8 Å². The molecule has 4 heterocycles. The summed E-state index contributed by atoms with van der Waals surface area (Å²) in [5, 5.41) is 4.11. The molecule has 152 valence electrons. The van der Waals surface area contributed by atoms with Crippen molar-refractivity contribution in [1.82, 2.24) is 24.4 Å². The number of carbonyl (C=O) groups excluding carboxylic acids is 1. The number of rotatable bonds is 5. The van der Waals surface area contributed by atoms with Gasteiger partial charge in [0.05, 0.1) is 0 Å². The average molecular weight is 403 g/mol. The van der Waals surface area contributed by atoms with Gasteiger partial charge in [-0.05, 0) is 43.5 Å². The SMILES string of the molecule is O=C(COc1ccccc1)N1CCCC[C@@H]1c1nc(-c2cn3ccccc3n2)no1. The molecule has 8 nitrogen and oxygen atoms in total. The summed E-state index contributed by atoms with van der Waals surface area (Å²) in [6.45, 7) is 0.627. The monoisotopic (exact) mass is 403 g/mol. The van der Waals surface area contributed by atoms with E-state index in [0.717, 1.165) is 24.9 Å². The molecule has 1 fully saturated rings. The first kappa shape index (κ1) is 18.4. The van der Waals surface area contributed by atoms with Crippen LogP contribution >= 0.6 is 0 Å². The molecular formula is C22H21N5O3. The van der Waals surface area contributed by atoms with Gasteiger partial charge in [0.2, 0.25) is 11.7 Å². The van der Waals surface area contributed by atoms with Crippen LogP contribution in [-0.2, 0) is 4.79 Å². The molecule has 0 spiro atoms. The molecule has 0 unspecified atom stereocenters. The number of para-hydroxylation sites is 1. The highest BCUT2D eigenvalue weighted by molar-refractivity contribution is 5.78. The van der Waals surface area contributed by atoms with E-state index >= 15 is 0 Å². The Bertz CT molecular complexity index is 1120. The fourth-order valence-corrected chi connectivity index (χ4v) is 3.75. The van der Waals surface area contributed by atoms with Gasteiger partial charge >= 0.3 is 0 Å². The predicted molar refractivity (Wildman–Crippen MR) is 109 cm³/mol. The van der Waals surface area contributed by atoms with E-state index < -0.39 is 0 Å². The van der Waals surface area contributed by atoms with E-state index in [-0.39, 0.29) is 18.6 Å². The number of likely N-dealkylation sites (tertiary alicyclic amines) is 1. The number of pyridine rings is 1. The third kappa shape index (κ3) is 3.63. The molecule has 0 saturated carbocycles. The summed E-state index contributed by atoms with van der Waals surface area (Å²) in [5.74, 6) is 1.45. The molecule has 1 aromatic carbocycles. The van der Waals surface area contributed by atoms with Gasteiger partial charge in [0.15, 0.2) is 6.61 Å². The van der Waals surface area contributed by atoms with Crippen LogP contribution in [0.25, 0.3) is 17.2 Å². The summed E-state index contributed by atoms with van der Waals surface area (Å²) in [7, 11) is 0. The number of ether oxygens (including phenoxy) is 1. The van der Waals surface area contributed by atoms with Crippen LogP contribution in [0.4, 0.5) is 0 Å². The lowest BCUT2D eigenvalue weighted by Gasteiger charge is -2.33. The molecule has 0 aliphatic carbocycles. The van der Waals surface area contributed by atoms with Crippen molar-refractivity contribution >= 4 is 11.6 Å². The van der Waals surface area contributed by atoms with Crippen molar-refractivity contribution in [2.45, 2.75) is 25.3 Å². The first-order chi connectivity index (χ1) is 14.8. The molecule has 0 bridgehead atoms. The van der Waals surface area contributed by atoms with E-state index in [0.29, 0.717) is 29.7 Å². The van der Waals surface area contributed by atoms with E-state index in [1.165, 1.54) is 0 Å². The van der Waals surface area contributed by atoms with Gasteiger partial charge in [0, 0.05) is 18.9 Å². The smallest absolute Gasteiger partial charge is 0.261 e. The Balaban J connectivity index is 1.33. The van der Waals surface area contributed by atoms with Crippen LogP contribution in [0.3, 0.4) is 0 Å². The molecule has 1 aliphatic heterocycles. The Morgan fingerprint density at radius 1 is 1.10 bits per heavy atom. The van der Waals surface area contributed by atoms with Crippen molar-refractivity contribution in [2.24, 2.45) is 0 Å². The number of hydrogen-bond donors (Lipinski definition) is 0. The van der Waals surface area contributed by atoms with Crippen LogP contribution in [0.1, 0.15) is 31.2 Å². The van der Waals surface area contributed by atoms with E-state index in [1.807, 2.05) is 65.3 Å². The maximum atomic E-state index is 12.8. The maximum Gasteiger partial charge on any atom is 0.261 e. The number of imidazole rings is 1. The minimum atomic E-state index is -0.246. The quantitative estimate of drug-likeness (QED) is 0.507. The highest BCUT2D eigenvalue weighted by Gasteiger charge is 2.32. The van der Waals surface area contributed by atoms with Crippen molar-refractivity contribution in [3.8, 4) is 17.3 Å². The summed E-state index contributed by atoms with van der Waals surface area (Å²) in [5.41, 5.74) is 1.45. The molecule has 5 rings (SSSR count). The number of piperidine rings is 1. The van der Waals surface area contributed by atoms with Crippen LogP contribution < -0.4 is 4.74 Å². The Hall–Kier alpha value is -3.68. The predicted octanol–water partition coefficient (Wildman–Crippen LogP) is 3.52. The molecule has 1 aliphatic rings. The molecule has 3 aromatic heterocycles. The Labute approximate surface area is 173 Å². The number of nitrogens with zero attached hydrogens (tertiary/aromatic N) is 5. The second-order valence-corrected chi connectivity index (χ2v) is 7.25. The number of amides is 1. The van der Waals surface area contributed by atoms with E-state index in [2.05, 4.69) is 15.1 Å². The molecular weight excluding hydrogens is 382 g/mol. The summed E-state index contributed by atoms with van der Waals surface area (Å²) >= 11 is 0. The zero-order valence-corrected chi connectivity index (χ0v) is 16.3. The zero-order valence-electron chi connectivity index (χ0n) is 16.3. The van der Waals surface area contributed by atoms with Crippen molar-refractivity contribution in [1.29, 1.82) is 0 Å². The van der Waals surface area contributed by atoms with Gasteiger partial charge in [-0.15, -0.1) is 0 Å². The Morgan fingerprint density at radius 2 is 1.97 bits per heavy atom. The third-order valence-electron chi connectivity index (χ3n) is 5.25. The lowest BCUT2D eigenvalue weighted by Crippen LogP contribution is -2.41. The van der Waals surface area contributed by atoms with Gasteiger partial charge in [0.1, 0.15) is 23.1 Å². The molecule has 0 N–H and O–H groups in total. The Kier molecular flexibility index (Phi) is 4.88.